The molecule has 3 heterocycles. The van der Waals surface area contributed by atoms with Crippen molar-refractivity contribution in [3.05, 3.63) is 104 Å². The number of carboxylic acids is 1. The first kappa shape index (κ1) is 30.8. The Balaban J connectivity index is 1.40. The van der Waals surface area contributed by atoms with Crippen LogP contribution in [0, 0.1) is 18.3 Å². The second-order valence-electron chi connectivity index (χ2n) is 10.3. The monoisotopic (exact) mass is 720 g/mol. The lowest BCUT2D eigenvalue weighted by molar-refractivity contribution is 0.0700. The van der Waals surface area contributed by atoms with Crippen LogP contribution in [0.3, 0.4) is 0 Å². The maximum atomic E-state index is 14.6. The van der Waals surface area contributed by atoms with Gasteiger partial charge in [0, 0.05) is 35.4 Å². The average Bonchev–Trinajstić information content (AvgIpc) is 3.63. The Morgan fingerprint density at radius 2 is 1.69 bits per heavy atom. The van der Waals surface area contributed by atoms with Crippen LogP contribution in [0.15, 0.2) is 87.5 Å². The first-order chi connectivity index (χ1) is 21.6. The lowest BCUT2D eigenvalue weighted by Crippen LogP contribution is -2.49. The Labute approximate surface area is 276 Å². The summed E-state index contributed by atoms with van der Waals surface area (Å²) >= 11 is 5.94. The zero-order valence-corrected chi connectivity index (χ0v) is 27.8. The summed E-state index contributed by atoms with van der Waals surface area (Å²) in [5.41, 5.74) is 2.32. The normalized spacial score (nSPS) is 13.5. The molecule has 1 saturated heterocycles. The average molecular weight is 722 g/mol. The number of fused-ring (bicyclic) bond motifs is 1. The summed E-state index contributed by atoms with van der Waals surface area (Å²) in [7, 11) is -4.25. The summed E-state index contributed by atoms with van der Waals surface area (Å²) in [6.07, 6.45) is 0. The van der Waals surface area contributed by atoms with Crippen molar-refractivity contribution >= 4 is 87.7 Å². The van der Waals surface area contributed by atoms with Gasteiger partial charge in [-0.05, 0) is 99.8 Å². The highest BCUT2D eigenvalue weighted by Gasteiger charge is 2.32. The molecule has 0 spiro atoms. The molecule has 13 heteroatoms. The third-order valence-corrected chi connectivity index (χ3v) is 12.5. The first-order valence-corrected chi connectivity index (χ1v) is 17.7. The van der Waals surface area contributed by atoms with Crippen molar-refractivity contribution in [1.29, 1.82) is 5.26 Å². The predicted molar refractivity (Wildman–Crippen MR) is 181 cm³/mol. The number of carbonyl (C=O) groups is 2. The number of para-hydroxylation sites is 2. The summed E-state index contributed by atoms with van der Waals surface area (Å²) in [6.45, 7) is 3.58. The Kier molecular flexibility index (Phi) is 8.41. The van der Waals surface area contributed by atoms with E-state index in [-0.39, 0.29) is 15.7 Å². The fourth-order valence-corrected chi connectivity index (χ4v) is 9.46. The number of carbonyl (C=O) groups excluding carboxylic acids is 1. The minimum Gasteiger partial charge on any atom is -0.477 e. The van der Waals surface area contributed by atoms with Crippen molar-refractivity contribution in [1.82, 2.24) is 4.90 Å². The maximum Gasteiger partial charge on any atom is 0.346 e. The number of thiophene rings is 2. The molecular formula is C32H25BrN4O5S3. The quantitative estimate of drug-likeness (QED) is 0.190. The third-order valence-electron chi connectivity index (χ3n) is 7.69. The number of hydrogen-bond donors (Lipinski definition) is 1. The van der Waals surface area contributed by atoms with E-state index in [4.69, 9.17) is 0 Å². The molecule has 0 saturated carbocycles. The molecule has 0 atom stereocenters. The van der Waals surface area contributed by atoms with Crippen LogP contribution >= 0.6 is 38.6 Å². The molecule has 1 amide bonds. The van der Waals surface area contributed by atoms with Crippen molar-refractivity contribution in [2.75, 3.05) is 35.4 Å². The Morgan fingerprint density at radius 1 is 0.978 bits per heavy atom. The van der Waals surface area contributed by atoms with E-state index in [1.54, 1.807) is 54.3 Å². The number of halogens is 1. The second-order valence-corrected chi connectivity index (χ2v) is 14.9. The molecule has 1 aliphatic heterocycles. The number of hydrogen-bond acceptors (Lipinski definition) is 8. The lowest BCUT2D eigenvalue weighted by atomic mass is 10.1. The van der Waals surface area contributed by atoms with Gasteiger partial charge in [-0.25, -0.2) is 17.5 Å². The summed E-state index contributed by atoms with van der Waals surface area (Å²) in [5, 5.41) is 21.4. The van der Waals surface area contributed by atoms with E-state index in [0.29, 0.717) is 69.3 Å². The molecule has 228 valence electrons. The minimum absolute atomic E-state index is 0.00365. The number of amides is 1. The fraction of sp³-hybridized carbons (Fsp3) is 0.156. The number of anilines is 3. The summed E-state index contributed by atoms with van der Waals surface area (Å²) in [5.74, 6) is -1.10. The highest BCUT2D eigenvalue weighted by molar-refractivity contribution is 9.10. The molecule has 0 radical (unpaired) electrons. The van der Waals surface area contributed by atoms with Gasteiger partial charge in [0.15, 0.2) is 0 Å². The van der Waals surface area contributed by atoms with Crippen LogP contribution < -0.4 is 9.21 Å². The molecule has 1 aliphatic rings. The molecule has 9 nitrogen and oxygen atoms in total. The van der Waals surface area contributed by atoms with Gasteiger partial charge in [0.05, 0.1) is 33.6 Å². The molecule has 45 heavy (non-hydrogen) atoms. The highest BCUT2D eigenvalue weighted by Crippen LogP contribution is 2.41. The molecule has 3 aromatic carbocycles. The lowest BCUT2D eigenvalue weighted by Gasteiger charge is -2.38. The Hall–Kier alpha value is -4.22. The third kappa shape index (κ3) is 5.70. The van der Waals surface area contributed by atoms with Gasteiger partial charge in [-0.2, -0.15) is 5.26 Å². The van der Waals surface area contributed by atoms with Crippen molar-refractivity contribution in [3.8, 4) is 6.07 Å². The molecular weight excluding hydrogens is 696 g/mol. The number of carboxylic acid groups (broad SMARTS) is 1. The van der Waals surface area contributed by atoms with Crippen LogP contribution in [0.5, 0.6) is 0 Å². The zero-order chi connectivity index (χ0) is 31.9. The number of rotatable bonds is 7. The number of piperazine rings is 1. The molecule has 0 aliphatic carbocycles. The largest absolute Gasteiger partial charge is 0.477 e. The van der Waals surface area contributed by atoms with E-state index in [0.717, 1.165) is 15.8 Å². The van der Waals surface area contributed by atoms with Crippen LogP contribution in [0.1, 0.15) is 30.5 Å². The summed E-state index contributed by atoms with van der Waals surface area (Å²) in [4.78, 5) is 29.6. The highest BCUT2D eigenvalue weighted by atomic mass is 79.9. The summed E-state index contributed by atoms with van der Waals surface area (Å²) in [6, 6.07) is 22.1. The molecule has 0 unspecified atom stereocenters. The molecule has 5 aromatic rings. The van der Waals surface area contributed by atoms with Gasteiger partial charge in [0.1, 0.15) is 9.75 Å². The van der Waals surface area contributed by atoms with E-state index < -0.39 is 16.0 Å². The SMILES string of the molecule is Cc1c(C(=O)O)sc2ccc(S(=O)(=O)N(c3ccc(C#N)cc3)c3ccccc3N3CCN(C(=O)c4sccc4Br)CC3)cc12. The number of aryl methyl sites for hydroxylation is 1. The number of benzene rings is 3. The predicted octanol–water partition coefficient (Wildman–Crippen LogP) is 7.09. The number of aromatic carboxylic acids is 1. The first-order valence-electron chi connectivity index (χ1n) is 13.8. The standard InChI is InChI=1S/C32H25BrN4O5S3/c1-20-24-18-23(10-11-28(24)44-29(20)32(39)40)45(41,42)37(22-8-6-21(19-34)7-9-22)27-5-3-2-4-26(27)35-13-15-36(16-14-35)31(38)30-25(33)12-17-43-30/h2-12,17-18H,13-16H2,1H3,(H,39,40). The Morgan fingerprint density at radius 3 is 2.33 bits per heavy atom. The van der Waals surface area contributed by atoms with Gasteiger partial charge in [0.2, 0.25) is 0 Å². The minimum atomic E-state index is -4.25. The van der Waals surface area contributed by atoms with E-state index in [1.807, 2.05) is 23.6 Å². The van der Waals surface area contributed by atoms with E-state index in [1.165, 1.54) is 27.8 Å². The van der Waals surface area contributed by atoms with E-state index in [2.05, 4.69) is 26.9 Å². The molecule has 1 fully saturated rings. The smallest absolute Gasteiger partial charge is 0.346 e. The van der Waals surface area contributed by atoms with E-state index in [9.17, 15) is 28.4 Å². The van der Waals surface area contributed by atoms with Gasteiger partial charge in [0.25, 0.3) is 15.9 Å². The van der Waals surface area contributed by atoms with Gasteiger partial charge in [-0.3, -0.25) is 4.79 Å². The van der Waals surface area contributed by atoms with Crippen molar-refractivity contribution in [2.45, 2.75) is 11.8 Å². The van der Waals surface area contributed by atoms with Gasteiger partial charge in [-0.15, -0.1) is 22.7 Å². The van der Waals surface area contributed by atoms with Crippen LogP contribution in [0.2, 0.25) is 0 Å². The van der Waals surface area contributed by atoms with Gasteiger partial charge < -0.3 is 14.9 Å². The van der Waals surface area contributed by atoms with E-state index >= 15 is 0 Å². The topological polar surface area (TPSA) is 122 Å². The molecule has 6 rings (SSSR count). The van der Waals surface area contributed by atoms with Crippen LogP contribution in [-0.2, 0) is 10.0 Å². The number of sulfonamides is 1. The van der Waals surface area contributed by atoms with Gasteiger partial charge >= 0.3 is 5.97 Å². The van der Waals surface area contributed by atoms with Crippen LogP contribution in [0.25, 0.3) is 10.1 Å². The van der Waals surface area contributed by atoms with Crippen LogP contribution in [-0.4, -0.2) is 56.5 Å². The van der Waals surface area contributed by atoms with Crippen molar-refractivity contribution < 1.29 is 23.1 Å². The number of nitriles is 1. The molecule has 1 N–H and O–H groups in total. The van der Waals surface area contributed by atoms with Crippen LogP contribution in [0.4, 0.5) is 17.1 Å². The summed E-state index contributed by atoms with van der Waals surface area (Å²) < 4.78 is 31.9. The zero-order valence-electron chi connectivity index (χ0n) is 23.8. The molecule has 0 bridgehead atoms. The Bertz CT molecular complexity index is 2090. The molecule has 2 aromatic heterocycles. The fourth-order valence-electron chi connectivity index (χ4n) is 5.39. The number of nitrogens with zero attached hydrogens (tertiary/aromatic N) is 4. The maximum absolute atomic E-state index is 14.6. The van der Waals surface area contributed by atoms with Gasteiger partial charge in [-0.1, -0.05) is 12.1 Å². The van der Waals surface area contributed by atoms with Crippen molar-refractivity contribution in [3.63, 3.8) is 0 Å². The van der Waals surface area contributed by atoms with Crippen molar-refractivity contribution in [2.24, 2.45) is 0 Å². The second kappa shape index (κ2) is 12.3.